The molecule has 3 amide bonds. The molecule has 1 saturated carbocycles. The van der Waals surface area contributed by atoms with Gasteiger partial charge in [0.2, 0.25) is 5.91 Å². The minimum Gasteiger partial charge on any atom is -0.437 e. The molecule has 11 heteroatoms. The summed E-state index contributed by atoms with van der Waals surface area (Å²) in [6, 6.07) is 8.36. The van der Waals surface area contributed by atoms with Crippen LogP contribution in [0, 0.1) is 5.82 Å². The molecule has 0 spiro atoms. The zero-order chi connectivity index (χ0) is 25.9. The lowest BCUT2D eigenvalue weighted by Gasteiger charge is -2.30. The van der Waals surface area contributed by atoms with Crippen molar-refractivity contribution in [3.8, 4) is 0 Å². The van der Waals surface area contributed by atoms with Crippen molar-refractivity contribution >= 4 is 45.6 Å². The van der Waals surface area contributed by atoms with E-state index in [2.05, 4.69) is 26.6 Å². The first-order valence-electron chi connectivity index (χ1n) is 10.8. The van der Waals surface area contributed by atoms with Crippen molar-refractivity contribution in [1.29, 1.82) is 0 Å². The van der Waals surface area contributed by atoms with Crippen LogP contribution in [-0.2, 0) is 9.47 Å². The van der Waals surface area contributed by atoms with E-state index in [1.807, 2.05) is 0 Å². The summed E-state index contributed by atoms with van der Waals surface area (Å²) < 4.78 is 26.9. The lowest BCUT2D eigenvalue weighted by atomic mass is 9.96. The number of carbonyl (C=O) groups excluding carboxylic acids is 3. The monoisotopic (exact) mass is 569 g/mol. The maximum atomic E-state index is 15.1. The fourth-order valence-electron chi connectivity index (χ4n) is 3.23. The van der Waals surface area contributed by atoms with Gasteiger partial charge in [-0.2, -0.15) is 0 Å². The summed E-state index contributed by atoms with van der Waals surface area (Å²) in [7, 11) is 0. The topological polar surface area (TPSA) is 120 Å². The summed E-state index contributed by atoms with van der Waals surface area (Å²) in [5.74, 6) is -1.51. The second kappa shape index (κ2) is 10.8. The Morgan fingerprint density at radius 3 is 2.31 bits per heavy atom. The summed E-state index contributed by atoms with van der Waals surface area (Å²) in [4.78, 5) is 37.3. The third-order valence-corrected chi connectivity index (χ3v) is 5.80. The zero-order valence-corrected chi connectivity index (χ0v) is 21.7. The van der Waals surface area contributed by atoms with E-state index >= 15 is 4.39 Å². The van der Waals surface area contributed by atoms with Gasteiger partial charge >= 0.3 is 12.2 Å². The van der Waals surface area contributed by atoms with Gasteiger partial charge < -0.3 is 25.8 Å². The van der Waals surface area contributed by atoms with Gasteiger partial charge in [0.1, 0.15) is 5.82 Å². The maximum Gasteiger partial charge on any atom is 0.408 e. The molecular formula is C24H26BrClFN3O5. The van der Waals surface area contributed by atoms with Crippen molar-refractivity contribution in [2.75, 3.05) is 0 Å². The third kappa shape index (κ3) is 7.57. The molecule has 0 radical (unpaired) electrons. The Morgan fingerprint density at radius 1 is 1.09 bits per heavy atom. The normalized spacial score (nSPS) is 15.0. The number of ether oxygens (including phenoxy) is 2. The van der Waals surface area contributed by atoms with Crippen LogP contribution in [0.15, 0.2) is 40.9 Å². The number of alkyl carbamates (subject to hydrolysis) is 2. The summed E-state index contributed by atoms with van der Waals surface area (Å²) in [6.45, 7) is 5.26. The highest BCUT2D eigenvalue weighted by molar-refractivity contribution is 9.10. The van der Waals surface area contributed by atoms with Gasteiger partial charge in [0.25, 0.3) is 0 Å². The second-order valence-corrected chi connectivity index (χ2v) is 10.5. The highest BCUT2D eigenvalue weighted by Crippen LogP contribution is 2.39. The number of hydrogen-bond donors (Lipinski definition) is 3. The molecule has 2 aromatic carbocycles. The molecule has 1 fully saturated rings. The van der Waals surface area contributed by atoms with Crippen LogP contribution in [0.3, 0.4) is 0 Å². The van der Waals surface area contributed by atoms with Gasteiger partial charge in [-0.25, -0.2) is 14.0 Å². The number of benzene rings is 2. The summed E-state index contributed by atoms with van der Waals surface area (Å²) in [5, 5.41) is 5.42. The first-order chi connectivity index (χ1) is 16.3. The smallest absolute Gasteiger partial charge is 0.408 e. The van der Waals surface area contributed by atoms with Crippen LogP contribution in [0.1, 0.15) is 67.3 Å². The molecule has 3 rings (SSSR count). The molecule has 0 aromatic heterocycles. The van der Waals surface area contributed by atoms with E-state index in [4.69, 9.17) is 26.8 Å². The van der Waals surface area contributed by atoms with Crippen molar-refractivity contribution in [2.24, 2.45) is 5.73 Å². The average molecular weight is 571 g/mol. The van der Waals surface area contributed by atoms with Crippen LogP contribution in [0.5, 0.6) is 0 Å². The molecule has 0 bridgehead atoms. The Balaban J connectivity index is 2.09. The summed E-state index contributed by atoms with van der Waals surface area (Å²) in [5.41, 5.74) is 4.93. The fourth-order valence-corrected chi connectivity index (χ4v) is 3.77. The van der Waals surface area contributed by atoms with Gasteiger partial charge in [-0.05, 0) is 63.4 Å². The molecule has 2 atom stereocenters. The molecule has 1 unspecified atom stereocenters. The number of halogens is 3. The third-order valence-electron chi connectivity index (χ3n) is 4.97. The molecule has 8 nitrogen and oxygen atoms in total. The number of nitrogens with two attached hydrogens (primary N) is 1. The van der Waals surface area contributed by atoms with E-state index in [1.165, 1.54) is 30.3 Å². The number of hydrogen-bond acceptors (Lipinski definition) is 5. The van der Waals surface area contributed by atoms with Crippen LogP contribution in [-0.4, -0.2) is 29.7 Å². The van der Waals surface area contributed by atoms with E-state index in [9.17, 15) is 14.4 Å². The van der Waals surface area contributed by atoms with E-state index < -0.39 is 41.7 Å². The van der Waals surface area contributed by atoms with E-state index in [0.717, 1.165) is 12.8 Å². The minimum atomic E-state index is -1.41. The molecule has 4 N–H and O–H groups in total. The Labute approximate surface area is 215 Å². The molecular weight excluding hydrogens is 545 g/mol. The van der Waals surface area contributed by atoms with E-state index in [1.54, 1.807) is 26.8 Å². The van der Waals surface area contributed by atoms with Gasteiger partial charge in [-0.15, -0.1) is 0 Å². The van der Waals surface area contributed by atoms with Crippen LogP contribution < -0.4 is 16.4 Å². The number of carbonyl (C=O) groups is 3. The molecule has 2 aromatic rings. The molecule has 35 heavy (non-hydrogen) atoms. The highest BCUT2D eigenvalue weighted by atomic mass is 79.9. The SMILES string of the molecule is CC(C)(C)NC(=O)OC(c1ccc(Cl)c(C(N)=O)c1)[C@H](OC(=O)NC1CC1)c1ccc(Br)cc1F. The van der Waals surface area contributed by atoms with Crippen LogP contribution >= 0.6 is 27.5 Å². The first-order valence-corrected chi connectivity index (χ1v) is 12.0. The van der Waals surface area contributed by atoms with Gasteiger partial charge in [0.05, 0.1) is 10.6 Å². The van der Waals surface area contributed by atoms with Gasteiger partial charge in [-0.3, -0.25) is 4.79 Å². The van der Waals surface area contributed by atoms with Gasteiger partial charge in [-0.1, -0.05) is 39.7 Å². The van der Waals surface area contributed by atoms with Gasteiger partial charge in [0.15, 0.2) is 12.2 Å². The van der Waals surface area contributed by atoms with Crippen molar-refractivity contribution in [3.63, 3.8) is 0 Å². The van der Waals surface area contributed by atoms with Gasteiger partial charge in [0, 0.05) is 21.6 Å². The lowest BCUT2D eigenvalue weighted by molar-refractivity contribution is -0.0158. The predicted molar refractivity (Wildman–Crippen MR) is 132 cm³/mol. The molecule has 1 aliphatic rings. The van der Waals surface area contributed by atoms with Crippen LogP contribution in [0.2, 0.25) is 5.02 Å². The predicted octanol–water partition coefficient (Wildman–Crippen LogP) is 5.54. The maximum absolute atomic E-state index is 15.1. The molecule has 188 valence electrons. The van der Waals surface area contributed by atoms with Crippen LogP contribution in [0.25, 0.3) is 0 Å². The van der Waals surface area contributed by atoms with Crippen molar-refractivity contribution < 1.29 is 28.2 Å². The fraction of sp³-hybridized carbons (Fsp3) is 0.375. The number of nitrogens with one attached hydrogen (secondary N) is 2. The molecule has 1 aliphatic carbocycles. The Kier molecular flexibility index (Phi) is 8.27. The lowest BCUT2D eigenvalue weighted by Crippen LogP contribution is -2.42. The number of rotatable bonds is 7. The van der Waals surface area contributed by atoms with Crippen LogP contribution in [0.4, 0.5) is 14.0 Å². The molecule has 0 aliphatic heterocycles. The number of primary amides is 1. The highest BCUT2D eigenvalue weighted by Gasteiger charge is 2.36. The van der Waals surface area contributed by atoms with E-state index in [-0.39, 0.29) is 27.8 Å². The molecule has 0 heterocycles. The van der Waals surface area contributed by atoms with E-state index in [0.29, 0.717) is 4.47 Å². The molecule has 0 saturated heterocycles. The standard InChI is InChI=1S/C24H26BrClFN3O5/c1-24(2,3)30-23(33)34-19(12-4-9-17(26)16(10-12)21(28)31)20(35-22(32)29-14-6-7-14)15-8-5-13(25)11-18(15)27/h4-5,8-11,14,19-20H,6-7H2,1-3H3,(H2,28,31)(H,29,32)(H,30,33)/t19?,20-/m1/s1. The van der Waals surface area contributed by atoms with Crippen molar-refractivity contribution in [1.82, 2.24) is 10.6 Å². The van der Waals surface area contributed by atoms with Crippen molar-refractivity contribution in [2.45, 2.75) is 57.4 Å². The largest absolute Gasteiger partial charge is 0.437 e. The minimum absolute atomic E-state index is 0.0292. The van der Waals surface area contributed by atoms with Crippen molar-refractivity contribution in [3.05, 3.63) is 68.4 Å². The quantitative estimate of drug-likeness (QED) is 0.404. The zero-order valence-electron chi connectivity index (χ0n) is 19.4. The Bertz CT molecular complexity index is 1140. The summed E-state index contributed by atoms with van der Waals surface area (Å²) >= 11 is 9.30. The summed E-state index contributed by atoms with van der Waals surface area (Å²) in [6.07, 6.45) is -2.79. The average Bonchev–Trinajstić information content (AvgIpc) is 3.54. The Morgan fingerprint density at radius 2 is 1.74 bits per heavy atom. The first kappa shape index (κ1) is 26.7. The number of amides is 3. The Hall–Kier alpha value is -2.85. The second-order valence-electron chi connectivity index (χ2n) is 9.21.